The van der Waals surface area contributed by atoms with Gasteiger partial charge in [-0.15, -0.1) is 0 Å². The van der Waals surface area contributed by atoms with Crippen LogP contribution in [0.3, 0.4) is 0 Å². The highest BCUT2D eigenvalue weighted by Crippen LogP contribution is 2.24. The minimum Gasteiger partial charge on any atom is -0.316 e. The molecule has 1 saturated heterocycles. The molecule has 4 rings (SSSR count). The maximum Gasteiger partial charge on any atom is 0.234 e. The molecule has 6 nitrogen and oxygen atoms in total. The van der Waals surface area contributed by atoms with E-state index in [9.17, 15) is 0 Å². The van der Waals surface area contributed by atoms with E-state index in [2.05, 4.69) is 20.3 Å². The Morgan fingerprint density at radius 2 is 2.23 bits per heavy atom. The van der Waals surface area contributed by atoms with Crippen LogP contribution in [0.15, 0.2) is 30.7 Å². The maximum absolute atomic E-state index is 4.81. The van der Waals surface area contributed by atoms with Gasteiger partial charge in [-0.3, -0.25) is 4.40 Å². The van der Waals surface area contributed by atoms with Crippen LogP contribution in [0.1, 0.15) is 30.3 Å². The molecular formula is C16H18N6. The van der Waals surface area contributed by atoms with Crippen LogP contribution >= 0.6 is 0 Å². The largest absolute Gasteiger partial charge is 0.316 e. The molecule has 0 aromatic carbocycles. The number of piperidine rings is 1. The SMILES string of the molecule is Cc1cc(-c2cnc3ncccn23)nc(C2CCCNC2)n1. The monoisotopic (exact) mass is 294 g/mol. The second-order valence-corrected chi connectivity index (χ2v) is 5.73. The van der Waals surface area contributed by atoms with Crippen LogP contribution in [0.25, 0.3) is 17.2 Å². The predicted molar refractivity (Wildman–Crippen MR) is 83.6 cm³/mol. The van der Waals surface area contributed by atoms with Crippen LogP contribution in [0.4, 0.5) is 0 Å². The van der Waals surface area contributed by atoms with Crippen LogP contribution < -0.4 is 5.32 Å². The zero-order valence-corrected chi connectivity index (χ0v) is 12.5. The molecule has 4 heterocycles. The van der Waals surface area contributed by atoms with E-state index in [0.717, 1.165) is 42.4 Å². The minimum atomic E-state index is 0.393. The van der Waals surface area contributed by atoms with Crippen LogP contribution in [-0.2, 0) is 0 Å². The van der Waals surface area contributed by atoms with Crippen LogP contribution in [0.2, 0.25) is 0 Å². The predicted octanol–water partition coefficient (Wildman–Crippen LogP) is 1.96. The highest BCUT2D eigenvalue weighted by Gasteiger charge is 2.19. The first-order valence-corrected chi connectivity index (χ1v) is 7.66. The van der Waals surface area contributed by atoms with Gasteiger partial charge in [-0.1, -0.05) is 0 Å². The van der Waals surface area contributed by atoms with Crippen LogP contribution in [0.5, 0.6) is 0 Å². The molecule has 0 bridgehead atoms. The van der Waals surface area contributed by atoms with Crippen LogP contribution in [0, 0.1) is 6.92 Å². The molecule has 3 aromatic heterocycles. The summed E-state index contributed by atoms with van der Waals surface area (Å²) in [6, 6.07) is 3.91. The van der Waals surface area contributed by atoms with Gasteiger partial charge in [0, 0.05) is 30.6 Å². The lowest BCUT2D eigenvalue weighted by Crippen LogP contribution is -2.29. The first-order valence-electron chi connectivity index (χ1n) is 7.66. The summed E-state index contributed by atoms with van der Waals surface area (Å²) < 4.78 is 1.96. The third-order valence-electron chi connectivity index (χ3n) is 4.08. The van der Waals surface area contributed by atoms with Crippen molar-refractivity contribution in [1.82, 2.24) is 29.7 Å². The number of hydrogen-bond acceptors (Lipinski definition) is 5. The van der Waals surface area contributed by atoms with Gasteiger partial charge in [0.2, 0.25) is 5.78 Å². The number of fused-ring (bicyclic) bond motifs is 1. The van der Waals surface area contributed by atoms with Crippen molar-refractivity contribution in [3.8, 4) is 11.4 Å². The fourth-order valence-electron chi connectivity index (χ4n) is 2.99. The molecule has 1 N–H and O–H groups in total. The number of nitrogens with zero attached hydrogens (tertiary/aromatic N) is 5. The molecule has 1 fully saturated rings. The van der Waals surface area contributed by atoms with E-state index >= 15 is 0 Å². The number of rotatable bonds is 2. The van der Waals surface area contributed by atoms with Gasteiger partial charge >= 0.3 is 0 Å². The Morgan fingerprint density at radius 3 is 3.09 bits per heavy atom. The molecule has 0 radical (unpaired) electrons. The molecule has 1 unspecified atom stereocenters. The number of nitrogens with one attached hydrogen (secondary N) is 1. The van der Waals surface area contributed by atoms with E-state index in [1.807, 2.05) is 35.9 Å². The first kappa shape index (κ1) is 13.3. The molecule has 1 aliphatic rings. The molecule has 1 atom stereocenters. The lowest BCUT2D eigenvalue weighted by molar-refractivity contribution is 0.446. The highest BCUT2D eigenvalue weighted by atomic mass is 15.1. The quantitative estimate of drug-likeness (QED) is 0.782. The average Bonchev–Trinajstić information content (AvgIpc) is 2.99. The minimum absolute atomic E-state index is 0.393. The van der Waals surface area contributed by atoms with Gasteiger partial charge in [0.1, 0.15) is 5.82 Å². The van der Waals surface area contributed by atoms with Crippen molar-refractivity contribution in [3.05, 3.63) is 42.2 Å². The Kier molecular flexibility index (Phi) is 3.31. The lowest BCUT2D eigenvalue weighted by atomic mass is 9.98. The summed E-state index contributed by atoms with van der Waals surface area (Å²) in [6.45, 7) is 4.07. The summed E-state index contributed by atoms with van der Waals surface area (Å²) in [5.74, 6) is 2.01. The molecule has 3 aromatic rings. The van der Waals surface area contributed by atoms with Crippen molar-refractivity contribution in [2.45, 2.75) is 25.7 Å². The van der Waals surface area contributed by atoms with Gasteiger partial charge in [0.25, 0.3) is 0 Å². The molecule has 6 heteroatoms. The third kappa shape index (κ3) is 2.35. The lowest BCUT2D eigenvalue weighted by Gasteiger charge is -2.22. The zero-order valence-electron chi connectivity index (χ0n) is 12.5. The fraction of sp³-hybridized carbons (Fsp3) is 0.375. The van der Waals surface area contributed by atoms with Gasteiger partial charge in [0.15, 0.2) is 0 Å². The van der Waals surface area contributed by atoms with Crippen molar-refractivity contribution < 1.29 is 0 Å². The molecule has 1 aliphatic heterocycles. The standard InChI is InChI=1S/C16H18N6/c1-11-8-13(14-10-19-16-18-6-3-7-22(14)16)21-15(20-11)12-4-2-5-17-9-12/h3,6-8,10,12,17H,2,4-5,9H2,1H3. The average molecular weight is 294 g/mol. The number of hydrogen-bond donors (Lipinski definition) is 1. The van der Waals surface area contributed by atoms with Gasteiger partial charge in [0.05, 0.1) is 17.6 Å². The smallest absolute Gasteiger partial charge is 0.234 e. The van der Waals surface area contributed by atoms with Crippen molar-refractivity contribution >= 4 is 5.78 Å². The highest BCUT2D eigenvalue weighted by molar-refractivity contribution is 5.58. The number of aromatic nitrogens is 5. The number of aryl methyl sites for hydroxylation is 1. The topological polar surface area (TPSA) is 68.0 Å². The second kappa shape index (κ2) is 5.46. The second-order valence-electron chi connectivity index (χ2n) is 5.73. The fourth-order valence-corrected chi connectivity index (χ4v) is 2.99. The van der Waals surface area contributed by atoms with Crippen LogP contribution in [-0.4, -0.2) is 37.4 Å². The summed E-state index contributed by atoms with van der Waals surface area (Å²) in [7, 11) is 0. The number of imidazole rings is 1. The Bertz CT molecular complexity index is 803. The normalized spacial score (nSPS) is 18.7. The van der Waals surface area contributed by atoms with Crippen molar-refractivity contribution in [2.75, 3.05) is 13.1 Å². The van der Waals surface area contributed by atoms with E-state index in [-0.39, 0.29) is 0 Å². The molecular weight excluding hydrogens is 276 g/mol. The molecule has 22 heavy (non-hydrogen) atoms. The maximum atomic E-state index is 4.81. The summed E-state index contributed by atoms with van der Waals surface area (Å²) in [5.41, 5.74) is 2.86. The van der Waals surface area contributed by atoms with Crippen molar-refractivity contribution in [3.63, 3.8) is 0 Å². The van der Waals surface area contributed by atoms with Gasteiger partial charge in [-0.05, 0) is 38.4 Å². The van der Waals surface area contributed by atoms with E-state index in [1.165, 1.54) is 6.42 Å². The Hall–Kier alpha value is -2.34. The molecule has 0 aliphatic carbocycles. The van der Waals surface area contributed by atoms with Gasteiger partial charge in [-0.2, -0.15) is 0 Å². The van der Waals surface area contributed by atoms with E-state index in [1.54, 1.807) is 6.20 Å². The third-order valence-corrected chi connectivity index (χ3v) is 4.08. The van der Waals surface area contributed by atoms with E-state index in [4.69, 9.17) is 4.98 Å². The summed E-state index contributed by atoms with van der Waals surface area (Å²) in [6.07, 6.45) is 7.86. The summed E-state index contributed by atoms with van der Waals surface area (Å²) in [5, 5.41) is 3.43. The van der Waals surface area contributed by atoms with Crippen molar-refractivity contribution in [1.29, 1.82) is 0 Å². The van der Waals surface area contributed by atoms with Gasteiger partial charge < -0.3 is 5.32 Å². The molecule has 112 valence electrons. The summed E-state index contributed by atoms with van der Waals surface area (Å²) >= 11 is 0. The molecule has 0 spiro atoms. The first-order chi connectivity index (χ1) is 10.8. The van der Waals surface area contributed by atoms with Gasteiger partial charge in [-0.25, -0.2) is 19.9 Å². The van der Waals surface area contributed by atoms with E-state index < -0.39 is 0 Å². The Morgan fingerprint density at radius 1 is 1.27 bits per heavy atom. The Labute approximate surface area is 128 Å². The molecule has 0 amide bonds. The van der Waals surface area contributed by atoms with Crippen molar-refractivity contribution in [2.24, 2.45) is 0 Å². The molecule has 0 saturated carbocycles. The van der Waals surface area contributed by atoms with E-state index in [0.29, 0.717) is 11.7 Å². The Balaban J connectivity index is 1.80. The summed E-state index contributed by atoms with van der Waals surface area (Å²) in [4.78, 5) is 18.1. The zero-order chi connectivity index (χ0) is 14.9.